The molecule has 8 heteroatoms. The van der Waals surface area contributed by atoms with Gasteiger partial charge in [0.15, 0.2) is 5.96 Å². The molecule has 0 amide bonds. The van der Waals surface area contributed by atoms with E-state index in [1.54, 1.807) is 18.4 Å². The fraction of sp³-hybridized carbons (Fsp3) is 0.353. The minimum absolute atomic E-state index is 0. The molecule has 0 unspecified atom stereocenters. The second-order valence-electron chi connectivity index (χ2n) is 5.55. The largest absolute Gasteiger partial charge is 0.366 e. The van der Waals surface area contributed by atoms with Gasteiger partial charge in [-0.1, -0.05) is 6.07 Å². The standard InChI is InChI=1S/C17H20F2N4S.HI/c1-20-17(21-12-14-3-2-10-24-14)23-8-6-22(7-9-23)16-11-13(18)4-5-15(16)19;/h2-5,10-11H,6-9,12H2,1H3,(H,20,21);1H. The van der Waals surface area contributed by atoms with Crippen LogP contribution in [0.15, 0.2) is 40.7 Å². The molecular formula is C17H21F2IN4S. The van der Waals surface area contributed by atoms with E-state index in [-0.39, 0.29) is 29.8 Å². The summed E-state index contributed by atoms with van der Waals surface area (Å²) in [4.78, 5) is 9.59. The Hall–Kier alpha value is -1.42. The van der Waals surface area contributed by atoms with Crippen LogP contribution in [0.2, 0.25) is 0 Å². The van der Waals surface area contributed by atoms with Crippen LogP contribution >= 0.6 is 35.3 Å². The Bertz CT molecular complexity index is 701. The third kappa shape index (κ3) is 5.04. The maximum absolute atomic E-state index is 13.9. The molecule has 0 aliphatic carbocycles. The Morgan fingerprint density at radius 3 is 2.60 bits per heavy atom. The Balaban J connectivity index is 0.00000225. The topological polar surface area (TPSA) is 30.9 Å². The van der Waals surface area contributed by atoms with Gasteiger partial charge in [0, 0.05) is 44.2 Å². The zero-order valence-electron chi connectivity index (χ0n) is 13.9. The van der Waals surface area contributed by atoms with E-state index in [4.69, 9.17) is 0 Å². The number of hydrogen-bond donors (Lipinski definition) is 1. The van der Waals surface area contributed by atoms with Crippen LogP contribution in [0.3, 0.4) is 0 Å². The number of guanidine groups is 1. The van der Waals surface area contributed by atoms with Gasteiger partial charge in [0.1, 0.15) is 11.6 Å². The lowest BCUT2D eigenvalue weighted by atomic mass is 10.2. The predicted molar refractivity (Wildman–Crippen MR) is 110 cm³/mol. The number of hydrogen-bond acceptors (Lipinski definition) is 3. The molecule has 2 aromatic rings. The van der Waals surface area contributed by atoms with E-state index < -0.39 is 5.82 Å². The lowest BCUT2D eigenvalue weighted by Crippen LogP contribution is -2.52. The molecule has 1 aromatic carbocycles. The average molecular weight is 478 g/mol. The molecule has 25 heavy (non-hydrogen) atoms. The molecule has 1 N–H and O–H groups in total. The number of anilines is 1. The zero-order chi connectivity index (χ0) is 16.9. The summed E-state index contributed by atoms with van der Waals surface area (Å²) in [7, 11) is 1.76. The number of halogens is 3. The molecule has 1 aliphatic heterocycles. The average Bonchev–Trinajstić information content (AvgIpc) is 3.12. The highest BCUT2D eigenvalue weighted by Gasteiger charge is 2.22. The first kappa shape index (κ1) is 19.9. The first-order chi connectivity index (χ1) is 11.7. The summed E-state index contributed by atoms with van der Waals surface area (Å²) >= 11 is 1.70. The first-order valence-corrected chi connectivity index (χ1v) is 8.73. The second-order valence-corrected chi connectivity index (χ2v) is 6.58. The summed E-state index contributed by atoms with van der Waals surface area (Å²) in [6, 6.07) is 7.69. The molecule has 1 saturated heterocycles. The third-order valence-electron chi connectivity index (χ3n) is 4.04. The van der Waals surface area contributed by atoms with Crippen LogP contribution in [0.5, 0.6) is 0 Å². The number of aliphatic imine (C=N–C) groups is 1. The molecule has 0 saturated carbocycles. The quantitative estimate of drug-likeness (QED) is 0.416. The van der Waals surface area contributed by atoms with Crippen LogP contribution < -0.4 is 10.2 Å². The van der Waals surface area contributed by atoms with Crippen molar-refractivity contribution in [3.63, 3.8) is 0 Å². The van der Waals surface area contributed by atoms with Crippen molar-refractivity contribution in [2.75, 3.05) is 38.1 Å². The molecule has 2 heterocycles. The lowest BCUT2D eigenvalue weighted by molar-refractivity contribution is 0.370. The molecule has 1 fully saturated rings. The monoisotopic (exact) mass is 478 g/mol. The maximum atomic E-state index is 13.9. The van der Waals surface area contributed by atoms with Gasteiger partial charge in [0.25, 0.3) is 0 Å². The van der Waals surface area contributed by atoms with Crippen molar-refractivity contribution in [2.24, 2.45) is 4.99 Å². The highest BCUT2D eigenvalue weighted by Crippen LogP contribution is 2.22. The number of nitrogens with zero attached hydrogens (tertiary/aromatic N) is 3. The lowest BCUT2D eigenvalue weighted by Gasteiger charge is -2.37. The highest BCUT2D eigenvalue weighted by molar-refractivity contribution is 14.0. The van der Waals surface area contributed by atoms with Gasteiger partial charge in [-0.15, -0.1) is 35.3 Å². The molecule has 3 rings (SSSR count). The van der Waals surface area contributed by atoms with Crippen LogP contribution in [0.1, 0.15) is 4.88 Å². The summed E-state index contributed by atoms with van der Waals surface area (Å²) in [5.41, 5.74) is 0.330. The van der Waals surface area contributed by atoms with Gasteiger partial charge < -0.3 is 15.1 Å². The van der Waals surface area contributed by atoms with Crippen molar-refractivity contribution in [1.29, 1.82) is 0 Å². The molecule has 0 spiro atoms. The number of benzene rings is 1. The van der Waals surface area contributed by atoms with E-state index in [0.29, 0.717) is 31.9 Å². The summed E-state index contributed by atoms with van der Waals surface area (Å²) in [6.45, 7) is 3.41. The number of piperazine rings is 1. The van der Waals surface area contributed by atoms with Gasteiger partial charge in [-0.05, 0) is 23.6 Å². The normalized spacial score (nSPS) is 15.1. The van der Waals surface area contributed by atoms with Crippen molar-refractivity contribution in [3.05, 3.63) is 52.2 Å². The van der Waals surface area contributed by atoms with Gasteiger partial charge in [-0.25, -0.2) is 8.78 Å². The Morgan fingerprint density at radius 1 is 1.20 bits per heavy atom. The van der Waals surface area contributed by atoms with Crippen molar-refractivity contribution in [2.45, 2.75) is 6.54 Å². The summed E-state index contributed by atoms with van der Waals surface area (Å²) < 4.78 is 27.3. The maximum Gasteiger partial charge on any atom is 0.194 e. The van der Waals surface area contributed by atoms with E-state index in [0.717, 1.165) is 18.6 Å². The van der Waals surface area contributed by atoms with E-state index in [9.17, 15) is 8.78 Å². The predicted octanol–water partition coefficient (Wildman–Crippen LogP) is 3.54. The van der Waals surface area contributed by atoms with Crippen LogP contribution in [0, 0.1) is 11.6 Å². The fourth-order valence-corrected chi connectivity index (χ4v) is 3.44. The Kier molecular flexibility index (Phi) is 7.42. The third-order valence-corrected chi connectivity index (χ3v) is 4.92. The molecule has 0 atom stereocenters. The Morgan fingerprint density at radius 2 is 1.96 bits per heavy atom. The van der Waals surface area contributed by atoms with E-state index in [1.165, 1.54) is 17.0 Å². The summed E-state index contributed by atoms with van der Waals surface area (Å²) in [5.74, 6) is 0.0371. The van der Waals surface area contributed by atoms with Crippen LogP contribution in [-0.4, -0.2) is 44.1 Å². The van der Waals surface area contributed by atoms with Crippen LogP contribution in [-0.2, 0) is 6.54 Å². The van der Waals surface area contributed by atoms with Gasteiger partial charge >= 0.3 is 0 Å². The van der Waals surface area contributed by atoms with Gasteiger partial charge in [-0.3, -0.25) is 4.99 Å². The van der Waals surface area contributed by atoms with Crippen LogP contribution in [0.25, 0.3) is 0 Å². The molecule has 1 aromatic heterocycles. The molecule has 0 radical (unpaired) electrons. The molecule has 1 aliphatic rings. The number of nitrogens with one attached hydrogen (secondary N) is 1. The molecule has 136 valence electrons. The fourth-order valence-electron chi connectivity index (χ4n) is 2.80. The zero-order valence-corrected chi connectivity index (χ0v) is 17.1. The van der Waals surface area contributed by atoms with Gasteiger partial charge in [0.2, 0.25) is 0 Å². The Labute approximate surface area is 167 Å². The van der Waals surface area contributed by atoms with Crippen molar-refractivity contribution < 1.29 is 8.78 Å². The SMILES string of the molecule is CN=C(NCc1cccs1)N1CCN(c2cc(F)ccc2F)CC1.I. The van der Waals surface area contributed by atoms with Gasteiger partial charge in [-0.2, -0.15) is 0 Å². The van der Waals surface area contributed by atoms with E-state index in [2.05, 4.69) is 21.3 Å². The van der Waals surface area contributed by atoms with Crippen molar-refractivity contribution in [1.82, 2.24) is 10.2 Å². The van der Waals surface area contributed by atoms with E-state index in [1.807, 2.05) is 16.3 Å². The van der Waals surface area contributed by atoms with Crippen molar-refractivity contribution in [3.8, 4) is 0 Å². The molecule has 4 nitrogen and oxygen atoms in total. The van der Waals surface area contributed by atoms with Crippen LogP contribution in [0.4, 0.5) is 14.5 Å². The second kappa shape index (κ2) is 9.33. The number of thiophene rings is 1. The minimum atomic E-state index is -0.415. The molecular weight excluding hydrogens is 457 g/mol. The molecule has 0 bridgehead atoms. The number of rotatable bonds is 3. The minimum Gasteiger partial charge on any atom is -0.366 e. The summed E-state index contributed by atoms with van der Waals surface area (Å²) in [5, 5.41) is 5.40. The van der Waals surface area contributed by atoms with Gasteiger partial charge in [0.05, 0.1) is 12.2 Å². The van der Waals surface area contributed by atoms with E-state index >= 15 is 0 Å². The highest BCUT2D eigenvalue weighted by atomic mass is 127. The smallest absolute Gasteiger partial charge is 0.194 e. The summed E-state index contributed by atoms with van der Waals surface area (Å²) in [6.07, 6.45) is 0. The van der Waals surface area contributed by atoms with Crippen molar-refractivity contribution >= 4 is 47.0 Å². The first-order valence-electron chi connectivity index (χ1n) is 7.85.